The fourth-order valence-electron chi connectivity index (χ4n) is 4.63. The number of hydrogen-bond donors (Lipinski definition) is 1. The molecule has 1 aromatic heterocycles. The summed E-state index contributed by atoms with van der Waals surface area (Å²) in [7, 11) is 2.91. The predicted octanol–water partition coefficient (Wildman–Crippen LogP) is 2.53. The van der Waals surface area contributed by atoms with Crippen LogP contribution in [-0.2, 0) is 22.6 Å². The van der Waals surface area contributed by atoms with Gasteiger partial charge in [0.2, 0.25) is 0 Å². The molecule has 0 amide bonds. The fraction of sp³-hybridized carbons (Fsp3) is 0.478. The number of ether oxygens (including phenoxy) is 3. The highest BCUT2D eigenvalue weighted by Crippen LogP contribution is 2.44. The first kappa shape index (κ1) is 21.5. The second kappa shape index (κ2) is 9.20. The normalized spacial score (nSPS) is 22.9. The van der Waals surface area contributed by atoms with Gasteiger partial charge in [-0.15, -0.1) is 0 Å². The van der Waals surface area contributed by atoms with E-state index in [0.29, 0.717) is 17.1 Å². The van der Waals surface area contributed by atoms with Crippen LogP contribution in [0.2, 0.25) is 0 Å². The maximum atomic E-state index is 13.1. The summed E-state index contributed by atoms with van der Waals surface area (Å²) in [6.45, 7) is 0.986. The van der Waals surface area contributed by atoms with Crippen LogP contribution in [0.5, 0.6) is 11.5 Å². The number of halogens is 1. The average molecular weight is 429 g/mol. The van der Waals surface area contributed by atoms with Crippen LogP contribution < -0.4 is 15.2 Å². The van der Waals surface area contributed by atoms with Crippen LogP contribution in [0.25, 0.3) is 0 Å². The SMILES string of the molecule is COC(=O)COc1cc2c(cc1OC)[C@H]1C[C@@H](N)[C@H](c3cc(CF)ccn3)CN1CC2. The number of hydrogen-bond acceptors (Lipinski definition) is 7. The lowest BCUT2D eigenvalue weighted by atomic mass is 9.79. The van der Waals surface area contributed by atoms with Crippen LogP contribution in [-0.4, -0.2) is 55.8 Å². The maximum absolute atomic E-state index is 13.1. The van der Waals surface area contributed by atoms with Crippen molar-refractivity contribution in [3.63, 3.8) is 0 Å². The molecule has 3 heterocycles. The zero-order valence-electron chi connectivity index (χ0n) is 17.8. The van der Waals surface area contributed by atoms with E-state index in [1.54, 1.807) is 19.4 Å². The van der Waals surface area contributed by atoms with Crippen molar-refractivity contribution in [1.29, 1.82) is 0 Å². The summed E-state index contributed by atoms with van der Waals surface area (Å²) in [5.41, 5.74) is 10.4. The lowest BCUT2D eigenvalue weighted by Crippen LogP contribution is -2.50. The molecule has 0 unspecified atom stereocenters. The van der Waals surface area contributed by atoms with Gasteiger partial charge in [0.25, 0.3) is 0 Å². The van der Waals surface area contributed by atoms with Crippen molar-refractivity contribution in [3.05, 3.63) is 52.8 Å². The Labute approximate surface area is 181 Å². The second-order valence-electron chi connectivity index (χ2n) is 8.06. The zero-order chi connectivity index (χ0) is 22.0. The number of rotatable bonds is 6. The Morgan fingerprint density at radius 2 is 2.13 bits per heavy atom. The van der Waals surface area contributed by atoms with Gasteiger partial charge in [0.15, 0.2) is 18.1 Å². The van der Waals surface area contributed by atoms with Gasteiger partial charge in [-0.25, -0.2) is 9.18 Å². The molecule has 2 aliphatic heterocycles. The third-order valence-electron chi connectivity index (χ3n) is 6.29. The molecular weight excluding hydrogens is 401 g/mol. The molecule has 0 bridgehead atoms. The molecule has 2 aromatic rings. The molecule has 0 saturated carbocycles. The Balaban J connectivity index is 1.57. The molecule has 7 nitrogen and oxygen atoms in total. The van der Waals surface area contributed by atoms with Gasteiger partial charge >= 0.3 is 5.97 Å². The summed E-state index contributed by atoms with van der Waals surface area (Å²) in [6.07, 6.45) is 3.28. The summed E-state index contributed by atoms with van der Waals surface area (Å²) in [4.78, 5) is 18.4. The van der Waals surface area contributed by atoms with Crippen molar-refractivity contribution in [1.82, 2.24) is 9.88 Å². The van der Waals surface area contributed by atoms with E-state index >= 15 is 0 Å². The molecule has 2 N–H and O–H groups in total. The van der Waals surface area contributed by atoms with Gasteiger partial charge < -0.3 is 19.9 Å². The molecule has 0 radical (unpaired) electrons. The predicted molar refractivity (Wildman–Crippen MR) is 113 cm³/mol. The number of nitrogens with two attached hydrogens (primary N) is 1. The van der Waals surface area contributed by atoms with E-state index in [1.807, 2.05) is 18.2 Å². The smallest absolute Gasteiger partial charge is 0.343 e. The van der Waals surface area contributed by atoms with E-state index in [-0.39, 0.29) is 24.6 Å². The summed E-state index contributed by atoms with van der Waals surface area (Å²) in [6, 6.07) is 7.56. The number of aromatic nitrogens is 1. The summed E-state index contributed by atoms with van der Waals surface area (Å²) >= 11 is 0. The van der Waals surface area contributed by atoms with Crippen LogP contribution in [0, 0.1) is 0 Å². The summed E-state index contributed by atoms with van der Waals surface area (Å²) in [5.74, 6) is 0.734. The van der Waals surface area contributed by atoms with Gasteiger partial charge in [-0.2, -0.15) is 0 Å². The topological polar surface area (TPSA) is 86.9 Å². The number of pyridine rings is 1. The number of nitrogens with zero attached hydrogens (tertiary/aromatic N) is 2. The molecule has 1 saturated heterocycles. The number of fused-ring (bicyclic) bond motifs is 3. The first-order chi connectivity index (χ1) is 15.0. The van der Waals surface area contributed by atoms with E-state index in [4.69, 9.17) is 15.2 Å². The average Bonchev–Trinajstić information content (AvgIpc) is 2.81. The lowest BCUT2D eigenvalue weighted by Gasteiger charge is -2.46. The van der Waals surface area contributed by atoms with Crippen molar-refractivity contribution >= 4 is 5.97 Å². The fourth-order valence-corrected chi connectivity index (χ4v) is 4.63. The maximum Gasteiger partial charge on any atom is 0.343 e. The minimum atomic E-state index is -0.503. The standard InChI is InChI=1S/C23H28FN3O4/c1-29-21-9-16-15(8-22(21)31-13-23(28)30-2)4-6-27-12-17(18(25)10-20(16)27)19-7-14(11-24)3-5-26-19/h3,5,7-9,17-18,20H,4,6,10-13,25H2,1-2H3/t17-,18-,20-/m1/s1. The van der Waals surface area contributed by atoms with Crippen molar-refractivity contribution in [2.24, 2.45) is 5.73 Å². The van der Waals surface area contributed by atoms with E-state index < -0.39 is 12.6 Å². The molecule has 8 heteroatoms. The number of alkyl halides is 1. The number of benzene rings is 1. The van der Waals surface area contributed by atoms with Crippen LogP contribution in [0.1, 0.15) is 40.8 Å². The van der Waals surface area contributed by atoms with E-state index in [0.717, 1.165) is 31.6 Å². The Hall–Kier alpha value is -2.71. The first-order valence-electron chi connectivity index (χ1n) is 10.4. The minimum Gasteiger partial charge on any atom is -0.493 e. The van der Waals surface area contributed by atoms with Crippen molar-refractivity contribution in [2.45, 2.75) is 37.5 Å². The van der Waals surface area contributed by atoms with Gasteiger partial charge in [-0.1, -0.05) is 0 Å². The Bertz CT molecular complexity index is 954. The van der Waals surface area contributed by atoms with Crippen LogP contribution in [0.3, 0.4) is 0 Å². The van der Waals surface area contributed by atoms with Gasteiger partial charge in [-0.05, 0) is 53.8 Å². The molecule has 0 spiro atoms. The highest BCUT2D eigenvalue weighted by Gasteiger charge is 2.39. The van der Waals surface area contributed by atoms with Gasteiger partial charge in [0, 0.05) is 43.0 Å². The van der Waals surface area contributed by atoms with E-state index in [2.05, 4.69) is 14.6 Å². The molecule has 31 heavy (non-hydrogen) atoms. The van der Waals surface area contributed by atoms with Gasteiger partial charge in [-0.3, -0.25) is 9.88 Å². The molecule has 1 fully saturated rings. The van der Waals surface area contributed by atoms with Crippen molar-refractivity contribution in [2.75, 3.05) is 33.9 Å². The van der Waals surface area contributed by atoms with E-state index in [9.17, 15) is 9.18 Å². The number of carbonyl (C=O) groups excluding carboxylic acids is 1. The highest BCUT2D eigenvalue weighted by atomic mass is 19.1. The first-order valence-corrected chi connectivity index (χ1v) is 10.4. The quantitative estimate of drug-likeness (QED) is 0.706. The Kier molecular flexibility index (Phi) is 6.38. The Morgan fingerprint density at radius 1 is 1.29 bits per heavy atom. The summed E-state index contributed by atoms with van der Waals surface area (Å²) in [5, 5.41) is 0. The molecule has 1 aromatic carbocycles. The number of carbonyl (C=O) groups is 1. The molecule has 0 aliphatic carbocycles. The lowest BCUT2D eigenvalue weighted by molar-refractivity contribution is -0.142. The van der Waals surface area contributed by atoms with Gasteiger partial charge in [0.1, 0.15) is 6.67 Å². The third-order valence-corrected chi connectivity index (χ3v) is 6.29. The molecule has 166 valence electrons. The second-order valence-corrected chi connectivity index (χ2v) is 8.06. The number of methoxy groups -OCH3 is 2. The molecule has 4 rings (SSSR count). The van der Waals surface area contributed by atoms with E-state index in [1.165, 1.54) is 18.2 Å². The number of piperidine rings is 1. The zero-order valence-corrected chi connectivity index (χ0v) is 17.8. The van der Waals surface area contributed by atoms with Crippen LogP contribution in [0.15, 0.2) is 30.5 Å². The monoisotopic (exact) mass is 429 g/mol. The number of esters is 1. The van der Waals surface area contributed by atoms with Crippen LogP contribution in [0.4, 0.5) is 4.39 Å². The molecule has 3 atom stereocenters. The third kappa shape index (κ3) is 4.36. The minimum absolute atomic E-state index is 0.0638. The molecular formula is C23H28FN3O4. The highest BCUT2D eigenvalue weighted by molar-refractivity contribution is 5.71. The van der Waals surface area contributed by atoms with Crippen molar-refractivity contribution < 1.29 is 23.4 Å². The van der Waals surface area contributed by atoms with Crippen LogP contribution >= 0.6 is 0 Å². The Morgan fingerprint density at radius 3 is 2.87 bits per heavy atom. The molecule has 2 aliphatic rings. The summed E-state index contributed by atoms with van der Waals surface area (Å²) < 4.78 is 28.9. The van der Waals surface area contributed by atoms with Crippen molar-refractivity contribution in [3.8, 4) is 11.5 Å². The largest absolute Gasteiger partial charge is 0.493 e. The van der Waals surface area contributed by atoms with Gasteiger partial charge in [0.05, 0.1) is 14.2 Å².